The molecular formula is C23H26FNO5. The van der Waals surface area contributed by atoms with Crippen LogP contribution in [0.5, 0.6) is 5.75 Å². The molecule has 2 aromatic carbocycles. The molecule has 0 fully saturated rings. The van der Waals surface area contributed by atoms with E-state index < -0.39 is 18.1 Å². The summed E-state index contributed by atoms with van der Waals surface area (Å²) in [4.78, 5) is 26.4. The van der Waals surface area contributed by atoms with Gasteiger partial charge < -0.3 is 14.2 Å². The Bertz CT molecular complexity index is 897. The Hall–Kier alpha value is -3.09. The molecular weight excluding hydrogens is 389 g/mol. The maximum atomic E-state index is 13.0. The van der Waals surface area contributed by atoms with Gasteiger partial charge in [-0.05, 0) is 53.3 Å². The van der Waals surface area contributed by atoms with E-state index in [9.17, 15) is 14.0 Å². The number of carbonyl (C=O) groups is 2. The molecule has 0 N–H and O–H groups in total. The van der Waals surface area contributed by atoms with E-state index in [2.05, 4.69) is 0 Å². The van der Waals surface area contributed by atoms with Crippen molar-refractivity contribution in [3.05, 3.63) is 65.0 Å². The van der Waals surface area contributed by atoms with E-state index >= 15 is 0 Å². The molecule has 1 amide bonds. The Morgan fingerprint density at radius 1 is 1.17 bits per heavy atom. The zero-order valence-corrected chi connectivity index (χ0v) is 17.4. The van der Waals surface area contributed by atoms with Gasteiger partial charge in [0.1, 0.15) is 18.2 Å². The van der Waals surface area contributed by atoms with Gasteiger partial charge in [-0.25, -0.2) is 14.0 Å². The number of ether oxygens (including phenoxy) is 3. The van der Waals surface area contributed by atoms with Crippen LogP contribution < -0.4 is 4.74 Å². The Labute approximate surface area is 175 Å². The molecule has 7 heteroatoms. The van der Waals surface area contributed by atoms with Gasteiger partial charge in [-0.3, -0.25) is 4.90 Å². The van der Waals surface area contributed by atoms with Crippen LogP contribution in [0.15, 0.2) is 42.5 Å². The number of halogens is 1. The number of hydrogen-bond acceptors (Lipinski definition) is 5. The van der Waals surface area contributed by atoms with E-state index in [1.165, 1.54) is 24.1 Å². The van der Waals surface area contributed by atoms with E-state index in [1.54, 1.807) is 24.3 Å². The van der Waals surface area contributed by atoms with E-state index in [1.807, 2.05) is 19.9 Å². The fraction of sp³-hybridized carbons (Fsp3) is 0.391. The van der Waals surface area contributed by atoms with Crippen LogP contribution in [-0.2, 0) is 27.3 Å². The monoisotopic (exact) mass is 415 g/mol. The van der Waals surface area contributed by atoms with Gasteiger partial charge in [0, 0.05) is 6.54 Å². The second kappa shape index (κ2) is 9.61. The molecule has 6 nitrogen and oxygen atoms in total. The zero-order chi connectivity index (χ0) is 21.7. The maximum absolute atomic E-state index is 13.0. The molecule has 30 heavy (non-hydrogen) atoms. The summed E-state index contributed by atoms with van der Waals surface area (Å²) >= 11 is 0. The second-order valence-electron chi connectivity index (χ2n) is 7.62. The SMILES string of the molecule is COC(=O)C1c2ccc(OCc3ccc(F)cc3)cc2CCN1C(=O)OCC(C)C. The highest BCUT2D eigenvalue weighted by molar-refractivity contribution is 5.84. The number of rotatable bonds is 6. The zero-order valence-electron chi connectivity index (χ0n) is 17.4. The minimum atomic E-state index is -0.857. The van der Waals surface area contributed by atoms with Crippen LogP contribution in [0.25, 0.3) is 0 Å². The van der Waals surface area contributed by atoms with Crippen molar-refractivity contribution in [1.82, 2.24) is 4.90 Å². The lowest BCUT2D eigenvalue weighted by Gasteiger charge is -2.35. The fourth-order valence-corrected chi connectivity index (χ4v) is 3.32. The van der Waals surface area contributed by atoms with Crippen molar-refractivity contribution in [2.45, 2.75) is 32.9 Å². The molecule has 2 aromatic rings. The first kappa shape index (κ1) is 21.6. The van der Waals surface area contributed by atoms with Crippen LogP contribution in [0, 0.1) is 11.7 Å². The number of amides is 1. The van der Waals surface area contributed by atoms with Gasteiger partial charge in [0.15, 0.2) is 6.04 Å². The van der Waals surface area contributed by atoms with E-state index in [-0.39, 0.29) is 18.3 Å². The minimum Gasteiger partial charge on any atom is -0.489 e. The van der Waals surface area contributed by atoms with Crippen LogP contribution in [0.2, 0.25) is 0 Å². The average molecular weight is 415 g/mol. The number of benzene rings is 2. The Morgan fingerprint density at radius 2 is 1.90 bits per heavy atom. The first-order valence-electron chi connectivity index (χ1n) is 9.90. The normalized spacial score (nSPS) is 15.5. The molecule has 1 unspecified atom stereocenters. The average Bonchev–Trinajstić information content (AvgIpc) is 2.75. The van der Waals surface area contributed by atoms with Crippen molar-refractivity contribution < 1.29 is 28.2 Å². The first-order chi connectivity index (χ1) is 14.4. The van der Waals surface area contributed by atoms with Crippen molar-refractivity contribution in [3.63, 3.8) is 0 Å². The lowest BCUT2D eigenvalue weighted by atomic mass is 9.92. The third-order valence-electron chi connectivity index (χ3n) is 4.86. The molecule has 0 saturated carbocycles. The number of nitrogens with zero attached hydrogens (tertiary/aromatic N) is 1. The Kier molecular flexibility index (Phi) is 6.92. The quantitative estimate of drug-likeness (QED) is 0.660. The predicted molar refractivity (Wildman–Crippen MR) is 109 cm³/mol. The van der Waals surface area contributed by atoms with Gasteiger partial charge in [0.25, 0.3) is 0 Å². The van der Waals surface area contributed by atoms with Crippen molar-refractivity contribution in [2.75, 3.05) is 20.3 Å². The molecule has 1 atom stereocenters. The van der Waals surface area contributed by atoms with E-state index in [0.29, 0.717) is 30.9 Å². The minimum absolute atomic E-state index is 0.198. The fourth-order valence-electron chi connectivity index (χ4n) is 3.32. The summed E-state index contributed by atoms with van der Waals surface area (Å²) in [6, 6.07) is 10.7. The molecule has 0 saturated heterocycles. The number of fused-ring (bicyclic) bond motifs is 1. The summed E-state index contributed by atoms with van der Waals surface area (Å²) in [5.41, 5.74) is 2.46. The van der Waals surface area contributed by atoms with Crippen LogP contribution >= 0.6 is 0 Å². The summed E-state index contributed by atoms with van der Waals surface area (Å²) in [7, 11) is 1.30. The molecule has 1 aliphatic rings. The standard InChI is InChI=1S/C23H26FNO5/c1-15(2)13-30-23(27)25-11-10-17-12-19(8-9-20(17)21(25)22(26)28-3)29-14-16-4-6-18(24)7-5-16/h4-9,12,15,21H,10-11,13-14H2,1-3H3. The third-order valence-corrected chi connectivity index (χ3v) is 4.86. The van der Waals surface area contributed by atoms with Gasteiger partial charge in [-0.1, -0.05) is 32.0 Å². The van der Waals surface area contributed by atoms with Crippen molar-refractivity contribution in [1.29, 1.82) is 0 Å². The molecule has 160 valence electrons. The smallest absolute Gasteiger partial charge is 0.410 e. The topological polar surface area (TPSA) is 65.1 Å². The second-order valence-corrected chi connectivity index (χ2v) is 7.62. The summed E-state index contributed by atoms with van der Waals surface area (Å²) in [6.45, 7) is 4.82. The van der Waals surface area contributed by atoms with Gasteiger partial charge in [-0.15, -0.1) is 0 Å². The first-order valence-corrected chi connectivity index (χ1v) is 9.90. The third kappa shape index (κ3) is 5.09. The lowest BCUT2D eigenvalue weighted by Crippen LogP contribution is -2.44. The molecule has 0 aromatic heterocycles. The molecule has 0 bridgehead atoms. The molecule has 0 spiro atoms. The maximum Gasteiger partial charge on any atom is 0.410 e. The lowest BCUT2D eigenvalue weighted by molar-refractivity contribution is -0.147. The van der Waals surface area contributed by atoms with E-state index in [0.717, 1.165) is 11.1 Å². The molecule has 1 aliphatic heterocycles. The van der Waals surface area contributed by atoms with Crippen LogP contribution in [0.4, 0.5) is 9.18 Å². The largest absolute Gasteiger partial charge is 0.489 e. The van der Waals surface area contributed by atoms with Gasteiger partial charge in [-0.2, -0.15) is 0 Å². The highest BCUT2D eigenvalue weighted by atomic mass is 19.1. The summed E-state index contributed by atoms with van der Waals surface area (Å²) in [6.07, 6.45) is 0.0364. The number of hydrogen-bond donors (Lipinski definition) is 0. The summed E-state index contributed by atoms with van der Waals surface area (Å²) < 4.78 is 29.1. The molecule has 3 rings (SSSR count). The van der Waals surface area contributed by atoms with Gasteiger partial charge >= 0.3 is 12.1 Å². The Balaban J connectivity index is 1.77. The number of esters is 1. The van der Waals surface area contributed by atoms with E-state index in [4.69, 9.17) is 14.2 Å². The molecule has 0 aliphatic carbocycles. The van der Waals surface area contributed by atoms with Crippen molar-refractivity contribution >= 4 is 12.1 Å². The molecule has 1 heterocycles. The number of methoxy groups -OCH3 is 1. The van der Waals surface area contributed by atoms with Crippen LogP contribution in [0.3, 0.4) is 0 Å². The summed E-state index contributed by atoms with van der Waals surface area (Å²) in [5, 5.41) is 0. The summed E-state index contributed by atoms with van der Waals surface area (Å²) in [5.74, 6) is 0.0243. The number of carbonyl (C=O) groups excluding carboxylic acids is 2. The highest BCUT2D eigenvalue weighted by Crippen LogP contribution is 2.33. The van der Waals surface area contributed by atoms with Crippen molar-refractivity contribution in [3.8, 4) is 5.75 Å². The van der Waals surface area contributed by atoms with Crippen molar-refractivity contribution in [2.24, 2.45) is 5.92 Å². The highest BCUT2D eigenvalue weighted by Gasteiger charge is 2.37. The van der Waals surface area contributed by atoms with Crippen LogP contribution in [0.1, 0.15) is 36.6 Å². The van der Waals surface area contributed by atoms with Gasteiger partial charge in [0.2, 0.25) is 0 Å². The van der Waals surface area contributed by atoms with Gasteiger partial charge in [0.05, 0.1) is 13.7 Å². The van der Waals surface area contributed by atoms with Crippen LogP contribution in [-0.4, -0.2) is 37.2 Å². The molecule has 0 radical (unpaired) electrons. The predicted octanol–water partition coefficient (Wildman–Crippen LogP) is 4.27. The Morgan fingerprint density at radius 3 is 2.57 bits per heavy atom.